The first-order chi connectivity index (χ1) is 7.79. The fraction of sp³-hybridized carbons (Fsp3) is 0.667. The van der Waals surface area contributed by atoms with Gasteiger partial charge in [-0.05, 0) is 18.8 Å². The minimum atomic E-state index is -0.157. The lowest BCUT2D eigenvalue weighted by Gasteiger charge is -2.31. The van der Waals surface area contributed by atoms with Crippen LogP contribution in [-0.2, 0) is 0 Å². The van der Waals surface area contributed by atoms with Gasteiger partial charge in [0.05, 0.1) is 0 Å². The number of likely N-dealkylation sites (tertiary alicyclic amines) is 1. The Kier molecular flexibility index (Phi) is 3.68. The van der Waals surface area contributed by atoms with E-state index < -0.39 is 0 Å². The van der Waals surface area contributed by atoms with Gasteiger partial charge < -0.3 is 10.0 Å². The van der Waals surface area contributed by atoms with E-state index in [9.17, 15) is 4.79 Å². The van der Waals surface area contributed by atoms with E-state index in [4.69, 9.17) is 5.11 Å². The standard InChI is InChI=1S/C9H14N4O2S/c14-5-7-2-1-3-13(4-7)9(15)11-8-12-10-6-16-8/h6-7,14H,1-5H2,(H,11,12,15)/t7-/m1/s1. The van der Waals surface area contributed by atoms with Crippen molar-refractivity contribution >= 4 is 22.5 Å². The zero-order chi connectivity index (χ0) is 11.4. The topological polar surface area (TPSA) is 78.4 Å². The second-order valence-corrected chi connectivity index (χ2v) is 4.64. The Labute approximate surface area is 97.3 Å². The number of nitrogens with zero attached hydrogens (tertiary/aromatic N) is 3. The maximum Gasteiger partial charge on any atom is 0.323 e. The summed E-state index contributed by atoms with van der Waals surface area (Å²) in [5, 5.41) is 19.7. The van der Waals surface area contributed by atoms with Crippen LogP contribution < -0.4 is 5.32 Å². The van der Waals surface area contributed by atoms with Crippen molar-refractivity contribution in [3.8, 4) is 0 Å². The zero-order valence-corrected chi connectivity index (χ0v) is 9.61. The summed E-state index contributed by atoms with van der Waals surface area (Å²) in [6.07, 6.45) is 1.92. The molecule has 6 nitrogen and oxygen atoms in total. The van der Waals surface area contributed by atoms with Gasteiger partial charge in [-0.3, -0.25) is 5.32 Å². The molecule has 0 bridgehead atoms. The van der Waals surface area contributed by atoms with E-state index >= 15 is 0 Å². The van der Waals surface area contributed by atoms with Gasteiger partial charge in [0.2, 0.25) is 5.13 Å². The molecule has 2 rings (SSSR count). The lowest BCUT2D eigenvalue weighted by molar-refractivity contribution is 0.136. The number of amides is 2. The molecule has 7 heteroatoms. The molecule has 2 heterocycles. The minimum absolute atomic E-state index is 0.141. The van der Waals surface area contributed by atoms with Crippen molar-refractivity contribution in [1.82, 2.24) is 15.1 Å². The number of nitrogens with one attached hydrogen (secondary N) is 1. The number of aliphatic hydroxyl groups is 1. The highest BCUT2D eigenvalue weighted by Crippen LogP contribution is 2.17. The molecule has 0 aliphatic carbocycles. The molecule has 0 radical (unpaired) electrons. The Morgan fingerprint density at radius 2 is 2.62 bits per heavy atom. The van der Waals surface area contributed by atoms with Crippen molar-refractivity contribution < 1.29 is 9.90 Å². The van der Waals surface area contributed by atoms with Crippen LogP contribution in [0.15, 0.2) is 5.51 Å². The highest BCUT2D eigenvalue weighted by molar-refractivity contribution is 7.13. The van der Waals surface area contributed by atoms with Gasteiger partial charge >= 0.3 is 6.03 Å². The van der Waals surface area contributed by atoms with Gasteiger partial charge in [0.1, 0.15) is 5.51 Å². The predicted molar refractivity (Wildman–Crippen MR) is 60.3 cm³/mol. The summed E-state index contributed by atoms with van der Waals surface area (Å²) in [4.78, 5) is 13.5. The van der Waals surface area contributed by atoms with Crippen LogP contribution in [0.2, 0.25) is 0 Å². The molecule has 1 aromatic rings. The summed E-state index contributed by atoms with van der Waals surface area (Å²) in [5.41, 5.74) is 1.57. The van der Waals surface area contributed by atoms with Crippen LogP contribution in [0, 0.1) is 5.92 Å². The van der Waals surface area contributed by atoms with Crippen LogP contribution in [0.4, 0.5) is 9.93 Å². The lowest BCUT2D eigenvalue weighted by atomic mass is 9.99. The minimum Gasteiger partial charge on any atom is -0.396 e. The average Bonchev–Trinajstić information content (AvgIpc) is 2.82. The molecule has 0 aromatic carbocycles. The third kappa shape index (κ3) is 2.67. The van der Waals surface area contributed by atoms with E-state index in [1.54, 1.807) is 10.4 Å². The third-order valence-electron chi connectivity index (χ3n) is 2.64. The van der Waals surface area contributed by atoms with Gasteiger partial charge in [0, 0.05) is 19.7 Å². The molecule has 2 N–H and O–H groups in total. The van der Waals surface area contributed by atoms with E-state index in [2.05, 4.69) is 15.5 Å². The van der Waals surface area contributed by atoms with E-state index in [1.165, 1.54) is 11.3 Å². The van der Waals surface area contributed by atoms with Crippen molar-refractivity contribution in [2.75, 3.05) is 25.0 Å². The van der Waals surface area contributed by atoms with Gasteiger partial charge in [-0.15, -0.1) is 10.2 Å². The molecular weight excluding hydrogens is 228 g/mol. The summed E-state index contributed by atoms with van der Waals surface area (Å²) in [6, 6.07) is -0.157. The highest BCUT2D eigenvalue weighted by Gasteiger charge is 2.23. The van der Waals surface area contributed by atoms with Crippen molar-refractivity contribution in [3.63, 3.8) is 0 Å². The number of carbonyl (C=O) groups is 1. The smallest absolute Gasteiger partial charge is 0.323 e. The zero-order valence-electron chi connectivity index (χ0n) is 8.80. The van der Waals surface area contributed by atoms with Gasteiger partial charge in [0.15, 0.2) is 0 Å². The number of piperidine rings is 1. The van der Waals surface area contributed by atoms with Crippen molar-refractivity contribution in [1.29, 1.82) is 0 Å². The van der Waals surface area contributed by atoms with Gasteiger partial charge in [0.25, 0.3) is 0 Å². The lowest BCUT2D eigenvalue weighted by Crippen LogP contribution is -2.43. The molecule has 1 saturated heterocycles. The molecule has 1 atom stereocenters. The third-order valence-corrected chi connectivity index (χ3v) is 3.24. The first-order valence-electron chi connectivity index (χ1n) is 5.22. The number of aliphatic hydroxyl groups excluding tert-OH is 1. The summed E-state index contributed by atoms with van der Waals surface area (Å²) >= 11 is 1.29. The summed E-state index contributed by atoms with van der Waals surface area (Å²) in [5.74, 6) is 0.203. The van der Waals surface area contributed by atoms with Gasteiger partial charge in [-0.2, -0.15) is 0 Å². The van der Waals surface area contributed by atoms with Crippen LogP contribution in [0.25, 0.3) is 0 Å². The first-order valence-corrected chi connectivity index (χ1v) is 6.10. The fourth-order valence-electron chi connectivity index (χ4n) is 1.80. The summed E-state index contributed by atoms with van der Waals surface area (Å²) in [6.45, 7) is 1.49. The Hall–Kier alpha value is -1.21. The molecule has 0 spiro atoms. The summed E-state index contributed by atoms with van der Waals surface area (Å²) in [7, 11) is 0. The van der Waals surface area contributed by atoms with E-state index in [-0.39, 0.29) is 18.6 Å². The van der Waals surface area contributed by atoms with Crippen LogP contribution in [0.1, 0.15) is 12.8 Å². The summed E-state index contributed by atoms with van der Waals surface area (Å²) < 4.78 is 0. The Morgan fingerprint density at radius 1 is 1.75 bits per heavy atom. The largest absolute Gasteiger partial charge is 0.396 e. The maximum atomic E-state index is 11.8. The van der Waals surface area contributed by atoms with Gasteiger partial charge in [-0.1, -0.05) is 11.3 Å². The normalized spacial score (nSPS) is 20.8. The molecule has 1 aliphatic rings. The van der Waals surface area contributed by atoms with Crippen molar-refractivity contribution in [3.05, 3.63) is 5.51 Å². The molecule has 88 valence electrons. The van der Waals surface area contributed by atoms with E-state index in [0.29, 0.717) is 11.7 Å². The van der Waals surface area contributed by atoms with Crippen LogP contribution in [0.3, 0.4) is 0 Å². The van der Waals surface area contributed by atoms with Crippen LogP contribution in [0.5, 0.6) is 0 Å². The monoisotopic (exact) mass is 242 g/mol. The Morgan fingerprint density at radius 3 is 3.31 bits per heavy atom. The second-order valence-electron chi connectivity index (χ2n) is 3.81. The number of aromatic nitrogens is 2. The second kappa shape index (κ2) is 5.22. The molecule has 16 heavy (non-hydrogen) atoms. The molecule has 0 unspecified atom stereocenters. The van der Waals surface area contributed by atoms with Crippen LogP contribution in [-0.4, -0.2) is 45.9 Å². The molecule has 1 fully saturated rings. The number of urea groups is 1. The predicted octanol–water partition coefficient (Wildman–Crippen LogP) is 0.774. The van der Waals surface area contributed by atoms with Crippen molar-refractivity contribution in [2.24, 2.45) is 5.92 Å². The van der Waals surface area contributed by atoms with Gasteiger partial charge in [-0.25, -0.2) is 4.79 Å². The number of anilines is 1. The van der Waals surface area contributed by atoms with E-state index in [1.807, 2.05) is 0 Å². The molecule has 0 saturated carbocycles. The van der Waals surface area contributed by atoms with E-state index in [0.717, 1.165) is 19.4 Å². The molecule has 1 aromatic heterocycles. The SMILES string of the molecule is O=C(Nc1nncs1)N1CCC[C@@H](CO)C1. The molecule has 1 aliphatic heterocycles. The molecule has 2 amide bonds. The average molecular weight is 242 g/mol. The number of carbonyl (C=O) groups excluding carboxylic acids is 1. The highest BCUT2D eigenvalue weighted by atomic mass is 32.1. The fourth-order valence-corrected chi connectivity index (χ4v) is 2.23. The molecular formula is C9H14N4O2S. The Balaban J connectivity index is 1.89. The number of hydrogen-bond acceptors (Lipinski definition) is 5. The maximum absolute atomic E-state index is 11.8. The van der Waals surface area contributed by atoms with Crippen LogP contribution >= 0.6 is 11.3 Å². The number of rotatable bonds is 2. The first kappa shape index (κ1) is 11.3. The quantitative estimate of drug-likeness (QED) is 0.803. The number of hydrogen-bond donors (Lipinski definition) is 2. The Bertz CT molecular complexity index is 343. The van der Waals surface area contributed by atoms with Crippen molar-refractivity contribution in [2.45, 2.75) is 12.8 Å².